The Morgan fingerprint density at radius 2 is 1.71 bits per heavy atom. The molecule has 0 spiro atoms. The van der Waals surface area contributed by atoms with Gasteiger partial charge in [-0.2, -0.15) is 0 Å². The summed E-state index contributed by atoms with van der Waals surface area (Å²) in [6.07, 6.45) is -0.955. The van der Waals surface area contributed by atoms with Crippen molar-refractivity contribution in [1.82, 2.24) is 0 Å². The van der Waals surface area contributed by atoms with Gasteiger partial charge in [-0.15, -0.1) is 0 Å². The molecule has 2 aromatic rings. The SMILES string of the molecule is COc1ccc(C(O)c2ccc(Br)cc2Cl)c(OC)c1Cl. The normalized spacial score (nSPS) is 12.1. The number of benzene rings is 2. The average molecular weight is 392 g/mol. The molecule has 0 heterocycles. The van der Waals surface area contributed by atoms with E-state index >= 15 is 0 Å². The van der Waals surface area contributed by atoms with Crippen molar-refractivity contribution in [2.45, 2.75) is 6.10 Å². The van der Waals surface area contributed by atoms with Gasteiger partial charge in [-0.05, 0) is 24.3 Å². The lowest BCUT2D eigenvalue weighted by Crippen LogP contribution is -2.04. The lowest BCUT2D eigenvalue weighted by molar-refractivity contribution is 0.214. The van der Waals surface area contributed by atoms with E-state index in [0.717, 1.165) is 4.47 Å². The zero-order chi connectivity index (χ0) is 15.6. The molecule has 0 radical (unpaired) electrons. The molecule has 0 aliphatic carbocycles. The highest BCUT2D eigenvalue weighted by Crippen LogP contribution is 2.42. The van der Waals surface area contributed by atoms with E-state index in [9.17, 15) is 5.11 Å². The van der Waals surface area contributed by atoms with Gasteiger partial charge in [0.2, 0.25) is 0 Å². The maximum absolute atomic E-state index is 10.6. The van der Waals surface area contributed by atoms with Crippen LogP contribution in [-0.2, 0) is 0 Å². The van der Waals surface area contributed by atoms with Gasteiger partial charge in [-0.3, -0.25) is 0 Å². The lowest BCUT2D eigenvalue weighted by Gasteiger charge is -2.18. The van der Waals surface area contributed by atoms with Crippen molar-refractivity contribution in [2.75, 3.05) is 14.2 Å². The van der Waals surface area contributed by atoms with Crippen LogP contribution < -0.4 is 9.47 Å². The highest BCUT2D eigenvalue weighted by Gasteiger charge is 2.22. The molecule has 2 rings (SSSR count). The van der Waals surface area contributed by atoms with Gasteiger partial charge >= 0.3 is 0 Å². The van der Waals surface area contributed by atoms with Crippen LogP contribution in [0.2, 0.25) is 10.0 Å². The Kier molecular flexibility index (Phi) is 5.38. The van der Waals surface area contributed by atoms with Crippen molar-refractivity contribution >= 4 is 39.1 Å². The first kappa shape index (κ1) is 16.4. The molecule has 0 saturated carbocycles. The monoisotopic (exact) mass is 390 g/mol. The van der Waals surface area contributed by atoms with Crippen LogP contribution in [0.4, 0.5) is 0 Å². The first-order valence-corrected chi connectivity index (χ1v) is 7.57. The fourth-order valence-corrected chi connectivity index (χ4v) is 3.13. The van der Waals surface area contributed by atoms with Gasteiger partial charge in [-0.25, -0.2) is 0 Å². The van der Waals surface area contributed by atoms with Crippen LogP contribution >= 0.6 is 39.1 Å². The Hall–Kier alpha value is -0.940. The number of hydrogen-bond acceptors (Lipinski definition) is 3. The number of hydrogen-bond donors (Lipinski definition) is 1. The molecule has 21 heavy (non-hydrogen) atoms. The molecule has 112 valence electrons. The number of aliphatic hydroxyl groups excluding tert-OH is 1. The van der Waals surface area contributed by atoms with E-state index in [-0.39, 0.29) is 0 Å². The van der Waals surface area contributed by atoms with Gasteiger partial charge in [0.25, 0.3) is 0 Å². The molecule has 0 bridgehead atoms. The summed E-state index contributed by atoms with van der Waals surface area (Å²) in [6.45, 7) is 0. The van der Waals surface area contributed by atoms with Gasteiger partial charge in [0.1, 0.15) is 22.6 Å². The smallest absolute Gasteiger partial charge is 0.147 e. The Bertz CT molecular complexity index is 662. The summed E-state index contributed by atoms with van der Waals surface area (Å²) in [5, 5.41) is 11.3. The maximum atomic E-state index is 10.6. The van der Waals surface area contributed by atoms with Crippen molar-refractivity contribution in [3.8, 4) is 11.5 Å². The van der Waals surface area contributed by atoms with Crippen LogP contribution in [-0.4, -0.2) is 19.3 Å². The Morgan fingerprint density at radius 3 is 2.29 bits per heavy atom. The van der Waals surface area contributed by atoms with E-state index in [1.807, 2.05) is 6.07 Å². The van der Waals surface area contributed by atoms with Crippen molar-refractivity contribution in [2.24, 2.45) is 0 Å². The molecule has 1 unspecified atom stereocenters. The van der Waals surface area contributed by atoms with Gasteiger partial charge in [-0.1, -0.05) is 45.2 Å². The number of aliphatic hydroxyl groups is 1. The minimum atomic E-state index is -0.955. The van der Waals surface area contributed by atoms with E-state index in [1.165, 1.54) is 14.2 Å². The molecular weight excluding hydrogens is 379 g/mol. The summed E-state index contributed by atoms with van der Waals surface area (Å²) in [7, 11) is 3.00. The van der Waals surface area contributed by atoms with E-state index in [2.05, 4.69) is 15.9 Å². The molecule has 0 aliphatic heterocycles. The second kappa shape index (κ2) is 6.88. The fraction of sp³-hybridized carbons (Fsp3) is 0.200. The van der Waals surface area contributed by atoms with Crippen molar-refractivity contribution in [1.29, 1.82) is 0 Å². The Balaban J connectivity index is 2.52. The molecular formula is C15H13BrCl2O3. The number of ether oxygens (including phenoxy) is 2. The second-order valence-electron chi connectivity index (χ2n) is 4.27. The molecule has 0 saturated heterocycles. The quantitative estimate of drug-likeness (QED) is 0.809. The predicted octanol–water partition coefficient (Wildman–Crippen LogP) is 4.85. The fourth-order valence-electron chi connectivity index (χ4n) is 2.02. The summed E-state index contributed by atoms with van der Waals surface area (Å²) in [5.74, 6) is 0.842. The molecule has 0 aliphatic rings. The van der Waals surface area contributed by atoms with Crippen LogP contribution in [0.3, 0.4) is 0 Å². The molecule has 0 aromatic heterocycles. The minimum Gasteiger partial charge on any atom is -0.495 e. The third-order valence-corrected chi connectivity index (χ3v) is 4.25. The topological polar surface area (TPSA) is 38.7 Å². The molecule has 6 heteroatoms. The van der Waals surface area contributed by atoms with E-state index in [4.69, 9.17) is 32.7 Å². The van der Waals surface area contributed by atoms with Crippen LogP contribution in [0.5, 0.6) is 11.5 Å². The molecule has 0 amide bonds. The Morgan fingerprint density at radius 1 is 1.05 bits per heavy atom. The van der Waals surface area contributed by atoms with Gasteiger partial charge in [0.15, 0.2) is 0 Å². The van der Waals surface area contributed by atoms with Gasteiger partial charge < -0.3 is 14.6 Å². The maximum Gasteiger partial charge on any atom is 0.147 e. The van der Waals surface area contributed by atoms with Crippen molar-refractivity contribution < 1.29 is 14.6 Å². The minimum absolute atomic E-state index is 0.310. The van der Waals surface area contributed by atoms with E-state index in [1.54, 1.807) is 24.3 Å². The first-order chi connectivity index (χ1) is 9.99. The largest absolute Gasteiger partial charge is 0.495 e. The zero-order valence-electron chi connectivity index (χ0n) is 11.4. The van der Waals surface area contributed by atoms with E-state index in [0.29, 0.717) is 32.7 Å². The summed E-state index contributed by atoms with van der Waals surface area (Å²) in [6, 6.07) is 8.65. The van der Waals surface area contributed by atoms with Crippen LogP contribution in [0.15, 0.2) is 34.8 Å². The van der Waals surface area contributed by atoms with E-state index < -0.39 is 6.10 Å². The highest BCUT2D eigenvalue weighted by atomic mass is 79.9. The summed E-state index contributed by atoms with van der Waals surface area (Å²) in [5.41, 5.74) is 1.09. The average Bonchev–Trinajstić information content (AvgIpc) is 2.46. The van der Waals surface area contributed by atoms with Crippen LogP contribution in [0.25, 0.3) is 0 Å². The Labute approximate surface area is 141 Å². The predicted molar refractivity (Wildman–Crippen MR) is 87.8 cm³/mol. The van der Waals surface area contributed by atoms with Gasteiger partial charge in [0.05, 0.1) is 14.2 Å². The zero-order valence-corrected chi connectivity index (χ0v) is 14.5. The van der Waals surface area contributed by atoms with Crippen LogP contribution in [0.1, 0.15) is 17.2 Å². The first-order valence-electron chi connectivity index (χ1n) is 6.03. The second-order valence-corrected chi connectivity index (χ2v) is 5.97. The molecule has 1 N–H and O–H groups in total. The number of methoxy groups -OCH3 is 2. The number of rotatable bonds is 4. The third kappa shape index (κ3) is 3.29. The summed E-state index contributed by atoms with van der Waals surface area (Å²) >= 11 is 15.7. The summed E-state index contributed by atoms with van der Waals surface area (Å²) < 4.78 is 11.3. The van der Waals surface area contributed by atoms with Gasteiger partial charge in [0, 0.05) is 20.6 Å². The van der Waals surface area contributed by atoms with Crippen LogP contribution in [0, 0.1) is 0 Å². The molecule has 0 fully saturated rings. The number of halogens is 3. The molecule has 3 nitrogen and oxygen atoms in total. The lowest BCUT2D eigenvalue weighted by atomic mass is 10.0. The standard InChI is InChI=1S/C15H13BrCl2O3/c1-20-12-6-5-10(15(21-2)13(12)18)14(19)9-4-3-8(16)7-11(9)17/h3-7,14,19H,1-2H3. The third-order valence-electron chi connectivity index (χ3n) is 3.07. The molecule has 2 aromatic carbocycles. The van der Waals surface area contributed by atoms with Crippen molar-refractivity contribution in [3.05, 3.63) is 56.0 Å². The van der Waals surface area contributed by atoms with Crippen molar-refractivity contribution in [3.63, 3.8) is 0 Å². The summed E-state index contributed by atoms with van der Waals surface area (Å²) in [4.78, 5) is 0. The molecule has 1 atom stereocenters. The highest BCUT2D eigenvalue weighted by molar-refractivity contribution is 9.10.